The van der Waals surface area contributed by atoms with Crippen molar-refractivity contribution in [2.24, 2.45) is 0 Å². The number of halogens is 1. The molecule has 6 aromatic rings. The standard InChI is InChI=1S/C35H26ClNO2PS/c36-28-23-21-27(22-24-28)33-37-34(35(39-33)41-25-32(38)26-13-5-1-6-14-26)40(29-15-7-2-8-16-29,30-17-9-3-10-18-30)31-19-11-4-12-20-31/h1-24H,25H2/q+1. The number of aromatic nitrogens is 1. The zero-order chi connectivity index (χ0) is 28.1. The van der Waals surface area contributed by atoms with Crippen molar-refractivity contribution in [3.63, 3.8) is 0 Å². The van der Waals surface area contributed by atoms with E-state index in [4.69, 9.17) is 21.0 Å². The van der Waals surface area contributed by atoms with Crippen molar-refractivity contribution in [2.75, 3.05) is 5.75 Å². The molecule has 3 nitrogen and oxygen atoms in total. The molecule has 0 radical (unpaired) electrons. The second-order valence-electron chi connectivity index (χ2n) is 9.39. The number of carbonyl (C=O) groups is 1. The molecule has 5 aromatic carbocycles. The first-order valence-electron chi connectivity index (χ1n) is 13.2. The van der Waals surface area contributed by atoms with Gasteiger partial charge >= 0.3 is 0 Å². The molecule has 0 aliphatic rings. The quantitative estimate of drug-likeness (QED) is 0.0988. The van der Waals surface area contributed by atoms with Gasteiger partial charge in [0, 0.05) is 16.1 Å². The predicted molar refractivity (Wildman–Crippen MR) is 173 cm³/mol. The summed E-state index contributed by atoms with van der Waals surface area (Å²) in [5.41, 5.74) is 2.34. The average molecular weight is 591 g/mol. The van der Waals surface area contributed by atoms with E-state index in [0.717, 1.165) is 26.9 Å². The van der Waals surface area contributed by atoms with Crippen LogP contribution in [0, 0.1) is 0 Å². The maximum atomic E-state index is 13.2. The van der Waals surface area contributed by atoms with E-state index in [0.29, 0.717) is 21.6 Å². The summed E-state index contributed by atoms with van der Waals surface area (Å²) >= 11 is 7.61. The van der Waals surface area contributed by atoms with E-state index in [9.17, 15) is 4.79 Å². The van der Waals surface area contributed by atoms with Gasteiger partial charge in [-0.3, -0.25) is 4.79 Å². The summed E-state index contributed by atoms with van der Waals surface area (Å²) in [5, 5.41) is 4.76. The molecule has 0 saturated heterocycles. The molecule has 41 heavy (non-hydrogen) atoms. The number of hydrogen-bond acceptors (Lipinski definition) is 4. The van der Waals surface area contributed by atoms with Gasteiger partial charge in [-0.2, -0.15) is 4.98 Å². The van der Waals surface area contributed by atoms with Crippen molar-refractivity contribution in [3.05, 3.63) is 156 Å². The number of Topliss-reactive ketones (excluding diaryl/α,β-unsaturated/α-hetero) is 1. The third kappa shape index (κ3) is 5.52. The van der Waals surface area contributed by atoms with Crippen molar-refractivity contribution in [3.8, 4) is 11.5 Å². The topological polar surface area (TPSA) is 43.1 Å². The van der Waals surface area contributed by atoms with Crippen molar-refractivity contribution in [1.82, 2.24) is 4.98 Å². The Balaban J connectivity index is 1.60. The zero-order valence-corrected chi connectivity index (χ0v) is 24.5. The van der Waals surface area contributed by atoms with E-state index in [1.165, 1.54) is 11.8 Å². The van der Waals surface area contributed by atoms with E-state index in [1.54, 1.807) is 0 Å². The van der Waals surface area contributed by atoms with E-state index in [1.807, 2.05) is 72.8 Å². The molecule has 0 N–H and O–H groups in total. The maximum absolute atomic E-state index is 13.2. The fraction of sp³-hybridized carbons (Fsp3) is 0.0286. The van der Waals surface area contributed by atoms with Crippen LogP contribution in [0.4, 0.5) is 0 Å². The fourth-order valence-electron chi connectivity index (χ4n) is 4.93. The van der Waals surface area contributed by atoms with Gasteiger partial charge in [0.1, 0.15) is 15.9 Å². The van der Waals surface area contributed by atoms with Crippen molar-refractivity contribution in [2.45, 2.75) is 5.09 Å². The number of rotatable bonds is 9. The molecule has 0 bridgehead atoms. The molecule has 1 aromatic heterocycles. The lowest BCUT2D eigenvalue weighted by atomic mass is 10.2. The Morgan fingerprint density at radius 3 is 1.61 bits per heavy atom. The van der Waals surface area contributed by atoms with Crippen LogP contribution in [0.1, 0.15) is 10.4 Å². The molecule has 0 amide bonds. The number of nitrogens with zero attached hydrogens (tertiary/aromatic N) is 1. The molecule has 0 fully saturated rings. The largest absolute Gasteiger partial charge is 0.425 e. The number of carbonyl (C=O) groups excluding carboxylic acids is 1. The summed E-state index contributed by atoms with van der Waals surface area (Å²) in [5.74, 6) is 0.762. The Morgan fingerprint density at radius 1 is 0.659 bits per heavy atom. The molecule has 6 rings (SSSR count). The summed E-state index contributed by atoms with van der Waals surface area (Å²) in [6.45, 7) is 0. The van der Waals surface area contributed by atoms with Gasteiger partial charge < -0.3 is 4.42 Å². The zero-order valence-electron chi connectivity index (χ0n) is 22.1. The van der Waals surface area contributed by atoms with Gasteiger partial charge in [0.15, 0.2) is 13.0 Å². The number of oxazole rings is 1. The SMILES string of the molecule is O=C(CSc1oc(-c2ccc(Cl)cc2)nc1[P+](c1ccccc1)(c1ccccc1)c1ccccc1)c1ccccc1. The lowest BCUT2D eigenvalue weighted by Gasteiger charge is -2.25. The molecular weight excluding hydrogens is 565 g/mol. The summed E-state index contributed by atoms with van der Waals surface area (Å²) in [6.07, 6.45) is 0. The lowest BCUT2D eigenvalue weighted by molar-refractivity contribution is 0.102. The summed E-state index contributed by atoms with van der Waals surface area (Å²) in [7, 11) is -2.55. The Bertz CT molecular complexity index is 1650. The van der Waals surface area contributed by atoms with Crippen LogP contribution >= 0.6 is 30.6 Å². The van der Waals surface area contributed by atoms with Gasteiger partial charge in [0.05, 0.1) is 5.75 Å². The first kappa shape index (κ1) is 27.2. The molecule has 6 heteroatoms. The average Bonchev–Trinajstić information content (AvgIpc) is 3.47. The minimum atomic E-state index is -2.55. The van der Waals surface area contributed by atoms with Crippen LogP contribution in [0.2, 0.25) is 5.02 Å². The highest BCUT2D eigenvalue weighted by molar-refractivity contribution is 8.04. The van der Waals surface area contributed by atoms with E-state index >= 15 is 0 Å². The van der Waals surface area contributed by atoms with Crippen LogP contribution in [0.5, 0.6) is 0 Å². The van der Waals surface area contributed by atoms with Gasteiger partial charge in [0.2, 0.25) is 11.0 Å². The van der Waals surface area contributed by atoms with Crippen molar-refractivity contribution in [1.29, 1.82) is 0 Å². The first-order chi connectivity index (χ1) is 20.2. The fourth-order valence-corrected chi connectivity index (χ4v) is 10.4. The van der Waals surface area contributed by atoms with Crippen LogP contribution in [-0.2, 0) is 0 Å². The molecule has 200 valence electrons. The smallest absolute Gasteiger partial charge is 0.251 e. The van der Waals surface area contributed by atoms with Gasteiger partial charge in [-0.05, 0) is 60.7 Å². The predicted octanol–water partition coefficient (Wildman–Crippen LogP) is 7.59. The first-order valence-corrected chi connectivity index (χ1v) is 16.4. The number of benzene rings is 5. The summed E-state index contributed by atoms with van der Waals surface area (Å²) in [4.78, 5) is 18.5. The lowest BCUT2D eigenvalue weighted by Crippen LogP contribution is -2.40. The van der Waals surface area contributed by atoms with Crippen molar-refractivity contribution < 1.29 is 9.21 Å². The third-order valence-electron chi connectivity index (χ3n) is 6.85. The molecule has 0 aliphatic heterocycles. The number of hydrogen-bond donors (Lipinski definition) is 0. The highest BCUT2D eigenvalue weighted by atomic mass is 35.5. The van der Waals surface area contributed by atoms with Crippen LogP contribution in [0.15, 0.2) is 155 Å². The molecule has 0 unspecified atom stereocenters. The second kappa shape index (κ2) is 12.3. The van der Waals surface area contributed by atoms with Crippen LogP contribution in [0.3, 0.4) is 0 Å². The minimum Gasteiger partial charge on any atom is -0.425 e. The van der Waals surface area contributed by atoms with Gasteiger partial charge in [0.25, 0.3) is 5.44 Å². The highest BCUT2D eigenvalue weighted by Gasteiger charge is 2.53. The van der Waals surface area contributed by atoms with E-state index in [2.05, 4.69) is 72.8 Å². The molecule has 0 spiro atoms. The Kier molecular flexibility index (Phi) is 8.16. The summed E-state index contributed by atoms with van der Waals surface area (Å²) in [6, 6.07) is 48.4. The molecule has 0 aliphatic carbocycles. The van der Waals surface area contributed by atoms with Crippen LogP contribution in [-0.4, -0.2) is 16.5 Å². The molecular formula is C35H26ClNO2PS+. The van der Waals surface area contributed by atoms with Gasteiger partial charge in [-0.15, -0.1) is 0 Å². The van der Waals surface area contributed by atoms with Gasteiger partial charge in [-0.1, -0.05) is 108 Å². The Labute approximate surface area is 249 Å². The number of thioether (sulfide) groups is 1. The monoisotopic (exact) mass is 590 g/mol. The van der Waals surface area contributed by atoms with Crippen LogP contribution < -0.4 is 21.3 Å². The Morgan fingerprint density at radius 2 is 1.12 bits per heavy atom. The molecule has 1 heterocycles. The highest BCUT2D eigenvalue weighted by Crippen LogP contribution is 2.56. The normalized spacial score (nSPS) is 11.3. The molecule has 0 saturated carbocycles. The maximum Gasteiger partial charge on any atom is 0.251 e. The van der Waals surface area contributed by atoms with E-state index < -0.39 is 7.26 Å². The number of ketones is 1. The summed E-state index contributed by atoms with van der Waals surface area (Å²) < 4.78 is 6.58. The third-order valence-corrected chi connectivity index (χ3v) is 12.4. The Hall–Kier alpha value is -3.95. The minimum absolute atomic E-state index is 0.0362. The van der Waals surface area contributed by atoms with Gasteiger partial charge in [-0.25, -0.2) is 0 Å². The van der Waals surface area contributed by atoms with Crippen LogP contribution in [0.25, 0.3) is 11.5 Å². The van der Waals surface area contributed by atoms with Crippen molar-refractivity contribution >= 4 is 57.8 Å². The second-order valence-corrected chi connectivity index (χ2v) is 14.1. The van der Waals surface area contributed by atoms with E-state index in [-0.39, 0.29) is 11.5 Å². The molecule has 0 atom stereocenters.